The highest BCUT2D eigenvalue weighted by Crippen LogP contribution is 2.26. The molecule has 2 nitrogen and oxygen atoms in total. The molecule has 0 bridgehead atoms. The molecule has 0 saturated carbocycles. The molecule has 2 aromatic carbocycles. The topological polar surface area (TPSA) is 38.0 Å². The summed E-state index contributed by atoms with van der Waals surface area (Å²) in [6.45, 7) is 4.40. The van der Waals surface area contributed by atoms with E-state index >= 15 is 0 Å². The third-order valence-electron chi connectivity index (χ3n) is 3.62. The van der Waals surface area contributed by atoms with Crippen LogP contribution >= 0.6 is 34.2 Å². The van der Waals surface area contributed by atoms with Gasteiger partial charge in [-0.05, 0) is 69.8 Å². The largest absolute Gasteiger partial charge is 0.271 e. The first kappa shape index (κ1) is 16.7. The molecule has 0 saturated heterocycles. The van der Waals surface area contributed by atoms with Crippen LogP contribution in [-0.2, 0) is 6.42 Å². The highest BCUT2D eigenvalue weighted by Gasteiger charge is 2.14. The van der Waals surface area contributed by atoms with E-state index < -0.39 is 0 Å². The van der Waals surface area contributed by atoms with Crippen molar-refractivity contribution in [3.05, 3.63) is 67.7 Å². The second-order valence-corrected chi connectivity index (χ2v) is 7.08. The Labute approximate surface area is 145 Å². The first-order valence-corrected chi connectivity index (χ1v) is 8.47. The lowest BCUT2D eigenvalue weighted by molar-refractivity contribution is 0.549. The Balaban J connectivity index is 2.20. The molecule has 0 radical (unpaired) electrons. The molecule has 112 valence electrons. The molecule has 0 aliphatic carbocycles. The number of benzene rings is 2. The molecule has 0 aliphatic rings. The summed E-state index contributed by atoms with van der Waals surface area (Å²) in [7, 11) is 0. The quantitative estimate of drug-likeness (QED) is 0.418. The van der Waals surface area contributed by atoms with E-state index in [0.717, 1.165) is 17.0 Å². The van der Waals surface area contributed by atoms with Crippen molar-refractivity contribution >= 4 is 34.2 Å². The minimum Gasteiger partial charge on any atom is -0.271 e. The van der Waals surface area contributed by atoms with Crippen molar-refractivity contribution in [1.29, 1.82) is 0 Å². The average Bonchev–Trinajstić information content (AvgIpc) is 2.48. The second-order valence-electron chi connectivity index (χ2n) is 5.49. The van der Waals surface area contributed by atoms with E-state index in [1.165, 1.54) is 14.7 Å². The summed E-state index contributed by atoms with van der Waals surface area (Å²) in [6.07, 6.45) is 0.839. The predicted molar refractivity (Wildman–Crippen MR) is 98.5 cm³/mol. The summed E-state index contributed by atoms with van der Waals surface area (Å²) < 4.78 is 1.17. The van der Waals surface area contributed by atoms with Crippen LogP contribution in [0, 0.1) is 3.57 Å². The van der Waals surface area contributed by atoms with Crippen molar-refractivity contribution in [2.24, 2.45) is 5.84 Å². The third-order valence-corrected chi connectivity index (χ3v) is 4.84. The van der Waals surface area contributed by atoms with Crippen LogP contribution in [-0.4, -0.2) is 0 Å². The lowest BCUT2D eigenvalue weighted by Crippen LogP contribution is -2.30. The van der Waals surface area contributed by atoms with Gasteiger partial charge in [-0.1, -0.05) is 49.7 Å². The van der Waals surface area contributed by atoms with Gasteiger partial charge in [0.05, 0.1) is 6.04 Å². The molecule has 3 N–H and O–H groups in total. The fraction of sp³-hybridized carbons (Fsp3) is 0.294. The molecule has 1 unspecified atom stereocenters. The average molecular weight is 415 g/mol. The fourth-order valence-corrected chi connectivity index (χ4v) is 3.21. The molecule has 21 heavy (non-hydrogen) atoms. The van der Waals surface area contributed by atoms with Crippen LogP contribution in [0.3, 0.4) is 0 Å². The second kappa shape index (κ2) is 7.58. The van der Waals surface area contributed by atoms with Gasteiger partial charge < -0.3 is 0 Å². The zero-order valence-corrected chi connectivity index (χ0v) is 15.1. The number of hydrazine groups is 1. The van der Waals surface area contributed by atoms with Crippen molar-refractivity contribution in [2.45, 2.75) is 32.2 Å². The molecule has 2 rings (SSSR count). The van der Waals surface area contributed by atoms with E-state index in [1.54, 1.807) is 0 Å². The molecule has 0 aromatic heterocycles. The Hall–Kier alpha value is -0.620. The van der Waals surface area contributed by atoms with Crippen LogP contribution in [0.1, 0.15) is 42.5 Å². The molecular weight excluding hydrogens is 395 g/mol. The van der Waals surface area contributed by atoms with E-state index in [1.807, 2.05) is 18.2 Å². The van der Waals surface area contributed by atoms with Gasteiger partial charge in [-0.15, -0.1) is 0 Å². The van der Waals surface area contributed by atoms with Gasteiger partial charge in [0.2, 0.25) is 0 Å². The standard InChI is InChI=1S/C17H20ClIN2/c1-11(2)13-5-3-12(4-6-13)9-17(21-20)15-10-14(18)7-8-16(15)19/h3-8,10-11,17,21H,9,20H2,1-2H3. The van der Waals surface area contributed by atoms with Crippen LogP contribution in [0.4, 0.5) is 0 Å². The van der Waals surface area contributed by atoms with Gasteiger partial charge in [0.1, 0.15) is 0 Å². The first-order valence-electron chi connectivity index (χ1n) is 7.01. The molecule has 0 aliphatic heterocycles. The fourth-order valence-electron chi connectivity index (χ4n) is 2.31. The van der Waals surface area contributed by atoms with Gasteiger partial charge in [-0.25, -0.2) is 0 Å². The molecule has 4 heteroatoms. The van der Waals surface area contributed by atoms with Crippen molar-refractivity contribution in [3.63, 3.8) is 0 Å². The Kier molecular flexibility index (Phi) is 6.05. The zero-order chi connectivity index (χ0) is 15.4. The molecule has 0 heterocycles. The minimum atomic E-state index is 0.0560. The van der Waals surface area contributed by atoms with Crippen LogP contribution in [0.5, 0.6) is 0 Å². The molecule has 0 spiro atoms. The van der Waals surface area contributed by atoms with Crippen molar-refractivity contribution in [1.82, 2.24) is 5.43 Å². The van der Waals surface area contributed by atoms with Gasteiger partial charge in [0.25, 0.3) is 0 Å². The van der Waals surface area contributed by atoms with Gasteiger partial charge in [-0.3, -0.25) is 11.3 Å². The number of halogens is 2. The van der Waals surface area contributed by atoms with E-state index in [9.17, 15) is 0 Å². The van der Waals surface area contributed by atoms with Crippen molar-refractivity contribution in [3.8, 4) is 0 Å². The molecule has 2 aromatic rings. The Morgan fingerprint density at radius 1 is 1.14 bits per heavy atom. The highest BCUT2D eigenvalue weighted by atomic mass is 127. The summed E-state index contributed by atoms with van der Waals surface area (Å²) in [5.41, 5.74) is 6.66. The van der Waals surface area contributed by atoms with Gasteiger partial charge in [0.15, 0.2) is 0 Å². The lowest BCUT2D eigenvalue weighted by atomic mass is 9.96. The smallest absolute Gasteiger partial charge is 0.0511 e. The van der Waals surface area contributed by atoms with E-state index in [4.69, 9.17) is 17.4 Å². The highest BCUT2D eigenvalue weighted by molar-refractivity contribution is 14.1. The zero-order valence-electron chi connectivity index (χ0n) is 12.2. The van der Waals surface area contributed by atoms with Crippen LogP contribution < -0.4 is 11.3 Å². The monoisotopic (exact) mass is 414 g/mol. The number of nitrogens with one attached hydrogen (secondary N) is 1. The molecular formula is C17H20ClIN2. The van der Waals surface area contributed by atoms with E-state index in [2.05, 4.69) is 66.1 Å². The lowest BCUT2D eigenvalue weighted by Gasteiger charge is -2.19. The maximum Gasteiger partial charge on any atom is 0.0511 e. The summed E-state index contributed by atoms with van der Waals surface area (Å²) in [4.78, 5) is 0. The SMILES string of the molecule is CC(C)c1ccc(CC(NN)c2cc(Cl)ccc2I)cc1. The third kappa shape index (κ3) is 4.42. The Morgan fingerprint density at radius 2 is 1.81 bits per heavy atom. The molecule has 1 atom stereocenters. The van der Waals surface area contributed by atoms with Crippen molar-refractivity contribution in [2.75, 3.05) is 0 Å². The van der Waals surface area contributed by atoms with Gasteiger partial charge in [-0.2, -0.15) is 0 Å². The van der Waals surface area contributed by atoms with Gasteiger partial charge in [0, 0.05) is 8.59 Å². The maximum absolute atomic E-state index is 6.10. The van der Waals surface area contributed by atoms with Crippen molar-refractivity contribution < 1.29 is 0 Å². The summed E-state index contributed by atoms with van der Waals surface area (Å²) in [5.74, 6) is 6.31. The number of hydrogen-bond acceptors (Lipinski definition) is 2. The van der Waals surface area contributed by atoms with E-state index in [-0.39, 0.29) is 6.04 Å². The normalized spacial score (nSPS) is 12.7. The minimum absolute atomic E-state index is 0.0560. The molecule has 0 amide bonds. The predicted octanol–water partition coefficient (Wildman–Crippen LogP) is 4.82. The summed E-state index contributed by atoms with van der Waals surface area (Å²) >= 11 is 8.42. The number of hydrogen-bond donors (Lipinski definition) is 2. The first-order chi connectivity index (χ1) is 10.0. The van der Waals surface area contributed by atoms with Crippen LogP contribution in [0.15, 0.2) is 42.5 Å². The van der Waals surface area contributed by atoms with Crippen LogP contribution in [0.25, 0.3) is 0 Å². The van der Waals surface area contributed by atoms with Crippen LogP contribution in [0.2, 0.25) is 5.02 Å². The van der Waals surface area contributed by atoms with Gasteiger partial charge >= 0.3 is 0 Å². The Bertz CT molecular complexity index is 596. The molecule has 0 fully saturated rings. The number of nitrogens with two attached hydrogens (primary N) is 1. The summed E-state index contributed by atoms with van der Waals surface area (Å²) in [6, 6.07) is 14.7. The number of rotatable bonds is 5. The summed E-state index contributed by atoms with van der Waals surface area (Å²) in [5, 5.41) is 0.737. The Morgan fingerprint density at radius 3 is 2.38 bits per heavy atom. The van der Waals surface area contributed by atoms with E-state index in [0.29, 0.717) is 5.92 Å². The maximum atomic E-state index is 6.10.